The number of hydrogen-bond acceptors (Lipinski definition) is 4. The average Bonchev–Trinajstić information content (AvgIpc) is 2.66. The number of ether oxygens (including phenoxy) is 1. The molecular weight excluding hydrogens is 257 g/mol. The lowest BCUT2D eigenvalue weighted by Crippen LogP contribution is -2.41. The second-order valence-electron chi connectivity index (χ2n) is 5.30. The molecule has 0 saturated heterocycles. The van der Waals surface area contributed by atoms with E-state index in [2.05, 4.69) is 6.58 Å². The lowest BCUT2D eigenvalue weighted by molar-refractivity contribution is 0.0540. The van der Waals surface area contributed by atoms with Gasteiger partial charge in [0.2, 0.25) is 0 Å². The van der Waals surface area contributed by atoms with Crippen LogP contribution in [0.25, 0.3) is 12.2 Å². The van der Waals surface area contributed by atoms with Gasteiger partial charge in [-0.15, -0.1) is 0 Å². The molecule has 0 radical (unpaired) electrons. The number of aromatic nitrogens is 1. The van der Waals surface area contributed by atoms with Crippen LogP contribution in [0, 0.1) is 0 Å². The fraction of sp³-hybridized carbons (Fsp3) is 0.357. The van der Waals surface area contributed by atoms with E-state index in [4.69, 9.17) is 4.74 Å². The SMILES string of the molecule is C=Cc1cc(B(O)O)n(C(=O)OC(C)(C)C)c1/C=C\C. The maximum absolute atomic E-state index is 12.3. The highest BCUT2D eigenvalue weighted by Crippen LogP contribution is 2.17. The first-order valence-electron chi connectivity index (χ1n) is 6.31. The van der Waals surface area contributed by atoms with E-state index in [1.54, 1.807) is 45.9 Å². The maximum atomic E-state index is 12.3. The van der Waals surface area contributed by atoms with Gasteiger partial charge in [0, 0.05) is 0 Å². The van der Waals surface area contributed by atoms with Crippen LogP contribution in [0.2, 0.25) is 0 Å². The minimum Gasteiger partial charge on any atom is -0.443 e. The number of hydrogen-bond donors (Lipinski definition) is 2. The van der Waals surface area contributed by atoms with E-state index < -0.39 is 18.8 Å². The third kappa shape index (κ3) is 3.62. The van der Waals surface area contributed by atoms with Gasteiger partial charge in [-0.25, -0.2) is 4.79 Å². The van der Waals surface area contributed by atoms with Crippen molar-refractivity contribution in [3.8, 4) is 0 Å². The summed E-state index contributed by atoms with van der Waals surface area (Å²) in [5.74, 6) is 0. The highest BCUT2D eigenvalue weighted by Gasteiger charge is 2.28. The van der Waals surface area contributed by atoms with Crippen LogP contribution in [0.1, 0.15) is 39.0 Å². The van der Waals surface area contributed by atoms with E-state index >= 15 is 0 Å². The molecular formula is C14H20BNO4. The van der Waals surface area contributed by atoms with Gasteiger partial charge >= 0.3 is 13.2 Å². The molecule has 0 unspecified atom stereocenters. The first-order chi connectivity index (χ1) is 9.21. The van der Waals surface area contributed by atoms with Crippen LogP contribution in [0.4, 0.5) is 4.79 Å². The van der Waals surface area contributed by atoms with Gasteiger partial charge in [-0.05, 0) is 45.4 Å². The van der Waals surface area contributed by atoms with Crippen LogP contribution in [0.5, 0.6) is 0 Å². The molecule has 1 rings (SSSR count). The van der Waals surface area contributed by atoms with E-state index in [1.807, 2.05) is 0 Å². The normalized spacial score (nSPS) is 11.7. The van der Waals surface area contributed by atoms with Crippen LogP contribution in [-0.4, -0.2) is 33.4 Å². The van der Waals surface area contributed by atoms with Gasteiger partial charge in [-0.2, -0.15) is 0 Å². The van der Waals surface area contributed by atoms with E-state index in [0.717, 1.165) is 4.57 Å². The molecule has 0 aliphatic heterocycles. The molecule has 20 heavy (non-hydrogen) atoms. The minimum absolute atomic E-state index is 0.0438. The topological polar surface area (TPSA) is 71.7 Å². The largest absolute Gasteiger partial charge is 0.506 e. The predicted molar refractivity (Wildman–Crippen MR) is 80.7 cm³/mol. The predicted octanol–water partition coefficient (Wildman–Crippen LogP) is 1.63. The quantitative estimate of drug-likeness (QED) is 0.824. The Morgan fingerprint density at radius 3 is 2.45 bits per heavy atom. The van der Waals surface area contributed by atoms with E-state index in [0.29, 0.717) is 11.3 Å². The third-order valence-electron chi connectivity index (χ3n) is 2.48. The summed E-state index contributed by atoms with van der Waals surface area (Å²) in [6.07, 6.45) is 4.31. The molecule has 0 aliphatic carbocycles. The highest BCUT2D eigenvalue weighted by atomic mass is 16.6. The molecule has 1 aromatic heterocycles. The molecule has 0 aromatic carbocycles. The molecule has 0 bridgehead atoms. The zero-order valence-corrected chi connectivity index (χ0v) is 12.3. The number of allylic oxidation sites excluding steroid dienone is 1. The number of nitrogens with zero attached hydrogens (tertiary/aromatic N) is 1. The summed E-state index contributed by atoms with van der Waals surface area (Å²) >= 11 is 0. The first kappa shape index (κ1) is 16.3. The van der Waals surface area contributed by atoms with Gasteiger partial charge in [0.15, 0.2) is 0 Å². The summed E-state index contributed by atoms with van der Waals surface area (Å²) in [5, 5.41) is 18.8. The molecule has 0 amide bonds. The first-order valence-corrected chi connectivity index (χ1v) is 6.31. The molecule has 108 valence electrons. The molecule has 1 heterocycles. The van der Waals surface area contributed by atoms with Crippen molar-refractivity contribution >= 4 is 31.0 Å². The standard InChI is InChI=1S/C14H20BNO4/c1-6-8-11-10(7-2)9-12(15(18)19)16(11)13(17)20-14(3,4)5/h6-9,18-19H,2H2,1,3-5H3/b8-6-. The van der Waals surface area contributed by atoms with Crippen molar-refractivity contribution in [3.05, 3.63) is 30.0 Å². The summed E-state index contributed by atoms with van der Waals surface area (Å²) in [6, 6.07) is 1.50. The van der Waals surface area contributed by atoms with Gasteiger partial charge in [-0.3, -0.25) is 4.57 Å². The lowest BCUT2D eigenvalue weighted by Gasteiger charge is -2.21. The zero-order chi connectivity index (χ0) is 15.5. The number of carbonyl (C=O) groups is 1. The molecule has 0 aliphatic rings. The molecule has 0 saturated carbocycles. The Hall–Kier alpha value is -1.79. The summed E-state index contributed by atoms with van der Waals surface area (Å²) in [7, 11) is -1.78. The number of carbonyl (C=O) groups excluding carboxylic acids is 1. The van der Waals surface area contributed by atoms with E-state index in [9.17, 15) is 14.8 Å². The smallest absolute Gasteiger partial charge is 0.443 e. The Morgan fingerprint density at radius 1 is 1.45 bits per heavy atom. The van der Waals surface area contributed by atoms with Gasteiger partial charge in [0.25, 0.3) is 0 Å². The maximum Gasteiger partial charge on any atom is 0.506 e. The summed E-state index contributed by atoms with van der Waals surface area (Å²) in [5.41, 5.74) is 0.486. The molecule has 5 nitrogen and oxygen atoms in total. The second-order valence-corrected chi connectivity index (χ2v) is 5.30. The molecule has 2 N–H and O–H groups in total. The second kappa shape index (κ2) is 6.11. The van der Waals surface area contributed by atoms with Crippen molar-refractivity contribution in [3.63, 3.8) is 0 Å². The van der Waals surface area contributed by atoms with Crippen LogP contribution in [0.15, 0.2) is 18.7 Å². The van der Waals surface area contributed by atoms with E-state index in [1.165, 1.54) is 6.07 Å². The Kier molecular flexibility index (Phi) is 4.97. The fourth-order valence-electron chi connectivity index (χ4n) is 1.76. The molecule has 0 fully saturated rings. The molecule has 6 heteroatoms. The third-order valence-corrected chi connectivity index (χ3v) is 2.48. The summed E-state index contributed by atoms with van der Waals surface area (Å²) < 4.78 is 6.44. The average molecular weight is 277 g/mol. The monoisotopic (exact) mass is 277 g/mol. The van der Waals surface area contributed by atoms with E-state index in [-0.39, 0.29) is 5.59 Å². The zero-order valence-electron chi connectivity index (χ0n) is 12.3. The highest BCUT2D eigenvalue weighted by molar-refractivity contribution is 6.58. The van der Waals surface area contributed by atoms with Gasteiger partial charge in [0.1, 0.15) is 5.60 Å². The van der Waals surface area contributed by atoms with Crippen LogP contribution < -0.4 is 5.59 Å². The van der Waals surface area contributed by atoms with Gasteiger partial charge in [0.05, 0.1) is 11.3 Å². The Balaban J connectivity index is 3.44. The van der Waals surface area contributed by atoms with Gasteiger partial charge < -0.3 is 14.8 Å². The lowest BCUT2D eigenvalue weighted by atomic mass is 9.86. The van der Waals surface area contributed by atoms with Crippen LogP contribution >= 0.6 is 0 Å². The molecule has 1 aromatic rings. The Labute approximate surface area is 119 Å². The Morgan fingerprint density at radius 2 is 2.05 bits per heavy atom. The fourth-order valence-corrected chi connectivity index (χ4v) is 1.76. The van der Waals surface area contributed by atoms with Crippen molar-refractivity contribution in [2.45, 2.75) is 33.3 Å². The Bertz CT molecular complexity index is 538. The van der Waals surface area contributed by atoms with Crippen molar-refractivity contribution < 1.29 is 19.6 Å². The summed E-state index contributed by atoms with van der Waals surface area (Å²) in [4.78, 5) is 12.3. The van der Waals surface area contributed by atoms with Crippen LogP contribution in [-0.2, 0) is 4.74 Å². The molecule has 0 spiro atoms. The van der Waals surface area contributed by atoms with Crippen molar-refractivity contribution in [1.29, 1.82) is 0 Å². The number of rotatable bonds is 3. The van der Waals surface area contributed by atoms with Gasteiger partial charge in [-0.1, -0.05) is 18.7 Å². The molecule has 0 atom stereocenters. The minimum atomic E-state index is -1.78. The van der Waals surface area contributed by atoms with Crippen molar-refractivity contribution in [2.75, 3.05) is 0 Å². The van der Waals surface area contributed by atoms with Crippen molar-refractivity contribution in [2.24, 2.45) is 0 Å². The summed E-state index contributed by atoms with van der Waals surface area (Å²) in [6.45, 7) is 10.7. The van der Waals surface area contributed by atoms with Crippen molar-refractivity contribution in [1.82, 2.24) is 4.57 Å². The van der Waals surface area contributed by atoms with Crippen LogP contribution in [0.3, 0.4) is 0 Å².